The molecule has 1 fully saturated rings. The molecule has 1 aliphatic rings. The minimum atomic E-state index is 0.255. The maximum Gasteiger partial charge on any atom is 0.0474 e. The Balaban J connectivity index is 2.39. The van der Waals surface area contributed by atoms with E-state index in [0.717, 1.165) is 25.9 Å². The van der Waals surface area contributed by atoms with Gasteiger partial charge < -0.3 is 15.1 Å². The standard InChI is InChI=1S/C9H19NO2/c1-10-4-2-8(3-5-11)9(6-10)7-12/h8-9,11-12H,2-7H2,1H3. The molecule has 0 amide bonds. The van der Waals surface area contributed by atoms with Crippen molar-refractivity contribution < 1.29 is 10.2 Å². The minimum Gasteiger partial charge on any atom is -0.396 e. The first kappa shape index (κ1) is 9.96. The Bertz CT molecular complexity index is 130. The van der Waals surface area contributed by atoms with E-state index in [1.807, 2.05) is 0 Å². The van der Waals surface area contributed by atoms with Gasteiger partial charge in [-0.1, -0.05) is 0 Å². The third kappa shape index (κ3) is 2.44. The lowest BCUT2D eigenvalue weighted by Crippen LogP contribution is -2.40. The van der Waals surface area contributed by atoms with Crippen LogP contribution in [0.4, 0.5) is 0 Å². The first-order valence-electron chi connectivity index (χ1n) is 4.68. The quantitative estimate of drug-likeness (QED) is 0.628. The van der Waals surface area contributed by atoms with Crippen LogP contribution in [0.2, 0.25) is 0 Å². The van der Waals surface area contributed by atoms with E-state index in [-0.39, 0.29) is 13.2 Å². The van der Waals surface area contributed by atoms with Gasteiger partial charge >= 0.3 is 0 Å². The summed E-state index contributed by atoms with van der Waals surface area (Å²) in [7, 11) is 2.08. The lowest BCUT2D eigenvalue weighted by molar-refractivity contribution is 0.0719. The molecular weight excluding hydrogens is 154 g/mol. The molecule has 72 valence electrons. The molecule has 0 spiro atoms. The predicted octanol–water partition coefficient (Wildman–Crippen LogP) is -0.0710. The molecule has 1 saturated heterocycles. The average molecular weight is 173 g/mol. The van der Waals surface area contributed by atoms with E-state index < -0.39 is 0 Å². The Labute approximate surface area is 74.0 Å². The van der Waals surface area contributed by atoms with Gasteiger partial charge in [0.15, 0.2) is 0 Å². The monoisotopic (exact) mass is 173 g/mol. The van der Waals surface area contributed by atoms with Crippen LogP contribution in [0.15, 0.2) is 0 Å². The summed E-state index contributed by atoms with van der Waals surface area (Å²) < 4.78 is 0. The van der Waals surface area contributed by atoms with Gasteiger partial charge in [0.25, 0.3) is 0 Å². The van der Waals surface area contributed by atoms with Gasteiger partial charge in [0.1, 0.15) is 0 Å². The van der Waals surface area contributed by atoms with E-state index in [1.165, 1.54) is 0 Å². The molecule has 0 bridgehead atoms. The third-order valence-corrected chi connectivity index (χ3v) is 2.83. The molecule has 2 unspecified atom stereocenters. The summed E-state index contributed by atoms with van der Waals surface area (Å²) >= 11 is 0. The summed E-state index contributed by atoms with van der Waals surface area (Å²) in [6.45, 7) is 2.59. The van der Waals surface area contributed by atoms with Crippen LogP contribution in [0.25, 0.3) is 0 Å². The van der Waals surface area contributed by atoms with Crippen molar-refractivity contribution in [3.05, 3.63) is 0 Å². The summed E-state index contributed by atoms with van der Waals surface area (Å²) in [5, 5.41) is 17.9. The summed E-state index contributed by atoms with van der Waals surface area (Å²) in [5.74, 6) is 0.895. The summed E-state index contributed by atoms with van der Waals surface area (Å²) in [6.07, 6.45) is 1.96. The molecule has 2 atom stereocenters. The highest BCUT2D eigenvalue weighted by Crippen LogP contribution is 2.24. The van der Waals surface area contributed by atoms with E-state index in [1.54, 1.807) is 0 Å². The summed E-state index contributed by atoms with van der Waals surface area (Å²) in [4.78, 5) is 2.24. The van der Waals surface area contributed by atoms with E-state index >= 15 is 0 Å². The lowest BCUT2D eigenvalue weighted by Gasteiger charge is -2.35. The Morgan fingerprint density at radius 2 is 2.08 bits per heavy atom. The highest BCUT2D eigenvalue weighted by Gasteiger charge is 2.26. The smallest absolute Gasteiger partial charge is 0.0474 e. The zero-order chi connectivity index (χ0) is 8.97. The molecule has 1 aliphatic heterocycles. The van der Waals surface area contributed by atoms with Crippen molar-refractivity contribution in [3.8, 4) is 0 Å². The van der Waals surface area contributed by atoms with Crippen LogP contribution in [0.5, 0.6) is 0 Å². The molecule has 0 aliphatic carbocycles. The van der Waals surface area contributed by atoms with Gasteiger partial charge in [-0.15, -0.1) is 0 Å². The van der Waals surface area contributed by atoms with Crippen molar-refractivity contribution in [2.24, 2.45) is 11.8 Å². The van der Waals surface area contributed by atoms with Gasteiger partial charge in [-0.25, -0.2) is 0 Å². The van der Waals surface area contributed by atoms with Crippen molar-refractivity contribution in [2.75, 3.05) is 33.4 Å². The highest BCUT2D eigenvalue weighted by molar-refractivity contribution is 4.78. The number of aliphatic hydroxyl groups is 2. The van der Waals surface area contributed by atoms with E-state index in [2.05, 4.69) is 11.9 Å². The molecule has 1 heterocycles. The van der Waals surface area contributed by atoms with Gasteiger partial charge in [0.2, 0.25) is 0 Å². The fraction of sp³-hybridized carbons (Fsp3) is 1.00. The van der Waals surface area contributed by atoms with E-state index in [0.29, 0.717) is 11.8 Å². The highest BCUT2D eigenvalue weighted by atomic mass is 16.3. The molecule has 12 heavy (non-hydrogen) atoms. The van der Waals surface area contributed by atoms with Gasteiger partial charge in [-0.3, -0.25) is 0 Å². The number of hydrogen-bond acceptors (Lipinski definition) is 3. The zero-order valence-electron chi connectivity index (χ0n) is 7.74. The second-order valence-corrected chi connectivity index (χ2v) is 3.77. The molecule has 0 aromatic carbocycles. The number of piperidine rings is 1. The van der Waals surface area contributed by atoms with Crippen molar-refractivity contribution in [1.29, 1.82) is 0 Å². The van der Waals surface area contributed by atoms with Crippen LogP contribution in [-0.4, -0.2) is 48.5 Å². The first-order chi connectivity index (χ1) is 5.77. The minimum absolute atomic E-state index is 0.255. The number of nitrogens with zero attached hydrogens (tertiary/aromatic N) is 1. The predicted molar refractivity (Wildman–Crippen MR) is 47.9 cm³/mol. The first-order valence-corrected chi connectivity index (χ1v) is 4.68. The molecule has 3 nitrogen and oxygen atoms in total. The Morgan fingerprint density at radius 1 is 1.33 bits per heavy atom. The van der Waals surface area contributed by atoms with E-state index in [9.17, 15) is 0 Å². The number of aliphatic hydroxyl groups excluding tert-OH is 2. The van der Waals surface area contributed by atoms with Crippen LogP contribution in [-0.2, 0) is 0 Å². The van der Waals surface area contributed by atoms with Gasteiger partial charge in [-0.05, 0) is 38.3 Å². The third-order valence-electron chi connectivity index (χ3n) is 2.83. The summed E-state index contributed by atoms with van der Waals surface area (Å²) in [6, 6.07) is 0. The average Bonchev–Trinajstić information content (AvgIpc) is 2.08. The molecule has 0 aromatic rings. The van der Waals surface area contributed by atoms with Crippen LogP contribution in [0, 0.1) is 11.8 Å². The summed E-state index contributed by atoms with van der Waals surface area (Å²) in [5.41, 5.74) is 0. The van der Waals surface area contributed by atoms with Crippen LogP contribution in [0.1, 0.15) is 12.8 Å². The normalized spacial score (nSPS) is 32.2. The van der Waals surface area contributed by atoms with Crippen LogP contribution >= 0.6 is 0 Å². The molecule has 2 N–H and O–H groups in total. The Hall–Kier alpha value is -0.120. The second kappa shape index (κ2) is 4.80. The van der Waals surface area contributed by atoms with Crippen LogP contribution in [0.3, 0.4) is 0 Å². The van der Waals surface area contributed by atoms with Crippen molar-refractivity contribution >= 4 is 0 Å². The topological polar surface area (TPSA) is 43.7 Å². The maximum absolute atomic E-state index is 9.10. The molecular formula is C9H19NO2. The van der Waals surface area contributed by atoms with Crippen molar-refractivity contribution in [1.82, 2.24) is 4.90 Å². The number of rotatable bonds is 3. The largest absolute Gasteiger partial charge is 0.396 e. The Kier molecular flexibility index (Phi) is 3.98. The number of hydrogen-bond donors (Lipinski definition) is 2. The fourth-order valence-electron chi connectivity index (χ4n) is 2.02. The van der Waals surface area contributed by atoms with Crippen molar-refractivity contribution in [3.63, 3.8) is 0 Å². The maximum atomic E-state index is 9.10. The van der Waals surface area contributed by atoms with Gasteiger partial charge in [0.05, 0.1) is 0 Å². The van der Waals surface area contributed by atoms with E-state index in [4.69, 9.17) is 10.2 Å². The molecule has 0 saturated carbocycles. The van der Waals surface area contributed by atoms with Crippen LogP contribution < -0.4 is 0 Å². The fourth-order valence-corrected chi connectivity index (χ4v) is 2.02. The molecule has 0 radical (unpaired) electrons. The molecule has 0 aromatic heterocycles. The molecule has 1 rings (SSSR count). The number of likely N-dealkylation sites (tertiary alicyclic amines) is 1. The second-order valence-electron chi connectivity index (χ2n) is 3.77. The Morgan fingerprint density at radius 3 is 2.67 bits per heavy atom. The zero-order valence-corrected chi connectivity index (χ0v) is 7.74. The SMILES string of the molecule is CN1CCC(CCO)C(CO)C1. The lowest BCUT2D eigenvalue weighted by atomic mass is 9.84. The van der Waals surface area contributed by atoms with Gasteiger partial charge in [-0.2, -0.15) is 0 Å². The van der Waals surface area contributed by atoms with Gasteiger partial charge in [0, 0.05) is 19.8 Å². The molecule has 3 heteroatoms. The van der Waals surface area contributed by atoms with Crippen molar-refractivity contribution in [2.45, 2.75) is 12.8 Å².